The molecule has 0 fully saturated rings. The maximum Gasteiger partial charge on any atom is 0.146 e. The fraction of sp³-hybridized carbons (Fsp3) is 0.317. The van der Waals surface area contributed by atoms with Crippen LogP contribution in [0.25, 0.3) is 71.9 Å². The van der Waals surface area contributed by atoms with Crippen molar-refractivity contribution in [2.75, 3.05) is 0 Å². The van der Waals surface area contributed by atoms with Crippen molar-refractivity contribution in [2.45, 2.75) is 119 Å². The molecule has 0 spiro atoms. The maximum atomic E-state index is 10.8. The van der Waals surface area contributed by atoms with Gasteiger partial charge in [0.1, 0.15) is 17.3 Å². The van der Waals surface area contributed by atoms with Gasteiger partial charge in [-0.15, -0.1) is 53.6 Å². The largest absolute Gasteiger partial charge is 0.498 e. The van der Waals surface area contributed by atoms with E-state index in [1.54, 1.807) is 18.2 Å². The zero-order valence-electron chi connectivity index (χ0n) is 47.9. The second kappa shape index (κ2) is 17.7. The van der Waals surface area contributed by atoms with Crippen LogP contribution in [0.2, 0.25) is 0 Å². The number of nitrogens with zero attached hydrogens (tertiary/aromatic N) is 4. The van der Waals surface area contributed by atoms with E-state index in [1.807, 2.05) is 51.2 Å². The van der Waals surface area contributed by atoms with Crippen molar-refractivity contribution < 1.29 is 35.5 Å². The zero-order chi connectivity index (χ0) is 53.6. The molecule has 4 heterocycles. The molecule has 9 rings (SSSR count). The normalized spacial score (nSPS) is 14.7. The van der Waals surface area contributed by atoms with E-state index in [0.29, 0.717) is 33.2 Å². The van der Waals surface area contributed by atoms with Crippen LogP contribution < -0.4 is 0 Å². The standard InChI is InChI=1S/C45H46N3O.C15H16N.Ir/c1-26-20-36(47-25-27(26)2)34-16-12-28(23-43(3,4)5)39-35-17-13-29(24-46)40(42(35)49-41(34)39)48-37-21-30(44(6,7)8)14-18-32(37)33-19-15-31(22-38(33)48)45(9,10)11;1-15(2,3)13-9-10-14(16-11-13)12-7-5-4-6-8-12;/h12-15,17-22,25H,23H2,1-11H3;4-7,9-11H,1-3H3;/q2*-1;/i1D3,2D3,23D2;;. The molecular weight excluding hydrogens is 985 g/mol. The first-order valence-corrected chi connectivity index (χ1v) is 22.1. The van der Waals surface area contributed by atoms with Crippen LogP contribution in [0.5, 0.6) is 0 Å². The Morgan fingerprint density at radius 2 is 1.27 bits per heavy atom. The Balaban J connectivity index is 0.000000400. The van der Waals surface area contributed by atoms with Crippen LogP contribution in [0.3, 0.4) is 0 Å². The van der Waals surface area contributed by atoms with Gasteiger partial charge < -0.3 is 19.0 Å². The third kappa shape index (κ3) is 9.40. The number of pyridine rings is 2. The number of hydrogen-bond donors (Lipinski definition) is 0. The van der Waals surface area contributed by atoms with E-state index in [1.165, 1.54) is 11.6 Å². The van der Waals surface area contributed by atoms with Crippen LogP contribution in [0.4, 0.5) is 0 Å². The quantitative estimate of drug-likeness (QED) is 0.165. The molecule has 6 heteroatoms. The van der Waals surface area contributed by atoms with E-state index in [9.17, 15) is 8.00 Å². The summed E-state index contributed by atoms with van der Waals surface area (Å²) in [7, 11) is 0. The minimum atomic E-state index is -2.78. The predicted molar refractivity (Wildman–Crippen MR) is 272 cm³/mol. The predicted octanol–water partition coefficient (Wildman–Crippen LogP) is 16.1. The van der Waals surface area contributed by atoms with Crippen molar-refractivity contribution in [3.05, 3.63) is 161 Å². The van der Waals surface area contributed by atoms with Crippen LogP contribution in [-0.4, -0.2) is 14.5 Å². The number of rotatable bonds is 4. The van der Waals surface area contributed by atoms with Crippen LogP contribution in [0, 0.1) is 42.6 Å². The van der Waals surface area contributed by atoms with Crippen molar-refractivity contribution in [2.24, 2.45) is 5.41 Å². The molecule has 1 radical (unpaired) electrons. The maximum absolute atomic E-state index is 10.8. The minimum Gasteiger partial charge on any atom is -0.498 e. The number of fused-ring (bicyclic) bond motifs is 6. The number of hydrogen-bond acceptors (Lipinski definition) is 4. The van der Waals surface area contributed by atoms with Gasteiger partial charge in [0.2, 0.25) is 0 Å². The molecule has 0 saturated carbocycles. The summed E-state index contributed by atoms with van der Waals surface area (Å²) in [5.74, 6) is 0. The molecule has 0 atom stereocenters. The number of benzene rings is 5. The first kappa shape index (κ1) is 38.3. The number of furan rings is 1. The van der Waals surface area contributed by atoms with E-state index in [2.05, 4.69) is 144 Å². The van der Waals surface area contributed by atoms with E-state index in [4.69, 9.17) is 12.6 Å². The third-order valence-corrected chi connectivity index (χ3v) is 11.8. The minimum absolute atomic E-state index is 0. The Bertz CT molecular complexity index is 3540. The Morgan fingerprint density at radius 3 is 1.80 bits per heavy atom. The molecule has 0 aliphatic carbocycles. The fourth-order valence-corrected chi connectivity index (χ4v) is 8.21. The van der Waals surface area contributed by atoms with Crippen LogP contribution in [0.1, 0.15) is 133 Å². The summed E-state index contributed by atoms with van der Waals surface area (Å²) in [5.41, 5.74) is 7.29. The third-order valence-electron chi connectivity index (χ3n) is 11.8. The molecule has 0 unspecified atom stereocenters. The molecule has 4 aromatic heterocycles. The van der Waals surface area contributed by atoms with E-state index < -0.39 is 25.5 Å². The van der Waals surface area contributed by atoms with Gasteiger partial charge in [-0.2, -0.15) is 5.26 Å². The number of aryl methyl sites for hydroxylation is 2. The van der Waals surface area contributed by atoms with Gasteiger partial charge in [0.15, 0.2) is 0 Å². The van der Waals surface area contributed by atoms with Crippen molar-refractivity contribution >= 4 is 43.7 Å². The molecule has 5 nitrogen and oxygen atoms in total. The summed E-state index contributed by atoms with van der Waals surface area (Å²) in [6, 6.07) is 40.0. The molecule has 0 saturated heterocycles. The van der Waals surface area contributed by atoms with Gasteiger partial charge in [0.25, 0.3) is 0 Å². The molecule has 5 aromatic carbocycles. The van der Waals surface area contributed by atoms with Gasteiger partial charge in [0.05, 0.1) is 22.2 Å². The van der Waals surface area contributed by atoms with Crippen LogP contribution >= 0.6 is 0 Å². The van der Waals surface area contributed by atoms with Crippen LogP contribution in [0.15, 0.2) is 114 Å². The second-order valence-corrected chi connectivity index (χ2v) is 21.1. The van der Waals surface area contributed by atoms with Gasteiger partial charge in [-0.3, -0.25) is 0 Å². The van der Waals surface area contributed by atoms with E-state index >= 15 is 0 Å². The summed E-state index contributed by atoms with van der Waals surface area (Å²) in [5, 5.41) is 13.8. The molecule has 66 heavy (non-hydrogen) atoms. The van der Waals surface area contributed by atoms with Crippen molar-refractivity contribution in [1.82, 2.24) is 14.5 Å². The van der Waals surface area contributed by atoms with E-state index in [-0.39, 0.29) is 64.3 Å². The summed E-state index contributed by atoms with van der Waals surface area (Å²) >= 11 is 0. The van der Waals surface area contributed by atoms with Crippen LogP contribution in [-0.2, 0) is 42.7 Å². The van der Waals surface area contributed by atoms with E-state index in [0.717, 1.165) is 50.4 Å². The molecular formula is C60H62IrN4O-2. The van der Waals surface area contributed by atoms with Crippen molar-refractivity contribution in [3.8, 4) is 34.3 Å². The molecule has 0 bridgehead atoms. The zero-order valence-corrected chi connectivity index (χ0v) is 42.3. The van der Waals surface area contributed by atoms with Crippen molar-refractivity contribution in [1.29, 1.82) is 5.26 Å². The Hall–Kier alpha value is -5.86. The first-order valence-electron chi connectivity index (χ1n) is 26.1. The Morgan fingerprint density at radius 1 is 0.667 bits per heavy atom. The number of nitriles is 1. The van der Waals surface area contributed by atoms with Gasteiger partial charge in [0, 0.05) is 59.6 Å². The fourth-order valence-electron chi connectivity index (χ4n) is 8.21. The summed E-state index contributed by atoms with van der Waals surface area (Å²) in [6.07, 6.45) is 1.09. The monoisotopic (exact) mass is 1060 g/mol. The Kier molecular flexibility index (Phi) is 10.3. The molecule has 0 aliphatic heterocycles. The SMILES string of the molecule is CC(C)(C)c1ccc(-c2[c-]cccc2)nc1.[2H]C([2H])([2H])c1cnc(-c2[c-]cc(C([2H])([2H])C(C)(C)C)c3c2oc2c(-n4c5cc(C(C)(C)C)ccc5c5ccc(C(C)(C)C)cc54)c(C#N)ccc23)cc1C([2H])([2H])[2H].[Ir]. The van der Waals surface area contributed by atoms with Gasteiger partial charge in [-0.25, -0.2) is 0 Å². The van der Waals surface area contributed by atoms with Crippen molar-refractivity contribution in [3.63, 3.8) is 0 Å². The summed E-state index contributed by atoms with van der Waals surface area (Å²) < 4.78 is 76.6. The van der Waals surface area contributed by atoms with Gasteiger partial charge in [-0.05, 0) is 87.2 Å². The molecule has 0 N–H and O–H groups in total. The summed E-state index contributed by atoms with van der Waals surface area (Å²) in [6.45, 7) is 19.4. The molecule has 0 aliphatic rings. The molecule has 9 aromatic rings. The smallest absolute Gasteiger partial charge is 0.146 e. The molecule has 0 amide bonds. The first-order chi connectivity index (χ1) is 33.7. The average Bonchev–Trinajstić information content (AvgIpc) is 3.85. The molecule has 339 valence electrons. The number of aromatic nitrogens is 3. The Labute approximate surface area is 416 Å². The summed E-state index contributed by atoms with van der Waals surface area (Å²) in [4.78, 5) is 8.94. The second-order valence-electron chi connectivity index (χ2n) is 21.1. The van der Waals surface area contributed by atoms with Gasteiger partial charge >= 0.3 is 0 Å². The topological polar surface area (TPSA) is 67.6 Å². The van der Waals surface area contributed by atoms with Gasteiger partial charge in [-0.1, -0.05) is 155 Å². The average molecular weight is 1060 g/mol.